The smallest absolute Gasteiger partial charge is 0.235 e. The molecule has 1 atom stereocenters. The van der Waals surface area contributed by atoms with E-state index < -0.39 is 21.6 Å². The Morgan fingerprint density at radius 3 is 2.72 bits per heavy atom. The highest BCUT2D eigenvalue weighted by molar-refractivity contribution is 7.92. The highest BCUT2D eigenvalue weighted by atomic mass is 32.2. The van der Waals surface area contributed by atoms with E-state index in [2.05, 4.69) is 4.98 Å². The van der Waals surface area contributed by atoms with E-state index in [0.29, 0.717) is 22.5 Å². The zero-order valence-electron chi connectivity index (χ0n) is 17.9. The molecule has 5 rings (SSSR count). The summed E-state index contributed by atoms with van der Waals surface area (Å²) in [5.74, 6) is 0.375. The van der Waals surface area contributed by atoms with Crippen LogP contribution in [0.3, 0.4) is 0 Å². The van der Waals surface area contributed by atoms with Gasteiger partial charge in [-0.3, -0.25) is 14.5 Å². The van der Waals surface area contributed by atoms with E-state index in [1.807, 2.05) is 17.7 Å². The van der Waals surface area contributed by atoms with Gasteiger partial charge in [0, 0.05) is 36.1 Å². The van der Waals surface area contributed by atoms with E-state index >= 15 is 0 Å². The molecule has 1 aliphatic heterocycles. The summed E-state index contributed by atoms with van der Waals surface area (Å²) >= 11 is 0. The van der Waals surface area contributed by atoms with Gasteiger partial charge in [-0.05, 0) is 31.0 Å². The van der Waals surface area contributed by atoms with Crippen molar-refractivity contribution in [2.75, 3.05) is 11.5 Å². The van der Waals surface area contributed by atoms with Crippen molar-refractivity contribution < 1.29 is 22.3 Å². The molecule has 2 aliphatic rings. The summed E-state index contributed by atoms with van der Waals surface area (Å²) in [6, 6.07) is 9.13. The number of benzene rings is 1. The third-order valence-corrected chi connectivity index (χ3v) is 8.16. The summed E-state index contributed by atoms with van der Waals surface area (Å²) in [4.78, 5) is 17.5. The highest BCUT2D eigenvalue weighted by Crippen LogP contribution is 2.40. The summed E-state index contributed by atoms with van der Waals surface area (Å²) in [6.07, 6.45) is 2.29. The number of hydrogen-bond donors (Lipinski definition) is 0. The first-order valence-corrected chi connectivity index (χ1v) is 12.5. The number of hydrogen-bond acceptors (Lipinski definition) is 6. The number of fused-ring (bicyclic) bond motifs is 1. The number of aromatic nitrogens is 3. The van der Waals surface area contributed by atoms with Gasteiger partial charge in [-0.1, -0.05) is 19.1 Å². The molecule has 168 valence electrons. The number of halogens is 1. The second-order valence-corrected chi connectivity index (χ2v) is 11.3. The van der Waals surface area contributed by atoms with E-state index in [-0.39, 0.29) is 29.8 Å². The van der Waals surface area contributed by atoms with Crippen molar-refractivity contribution in [1.29, 1.82) is 0 Å². The molecule has 0 N–H and O–H groups in total. The molecule has 1 unspecified atom stereocenters. The number of carbonyl (C=O) groups is 1. The van der Waals surface area contributed by atoms with Crippen LogP contribution in [0.5, 0.6) is 5.75 Å². The summed E-state index contributed by atoms with van der Waals surface area (Å²) in [6.45, 7) is 3.15. The van der Waals surface area contributed by atoms with E-state index in [0.717, 1.165) is 23.9 Å². The van der Waals surface area contributed by atoms with Gasteiger partial charge in [0.25, 0.3) is 0 Å². The first-order valence-electron chi connectivity index (χ1n) is 10.7. The van der Waals surface area contributed by atoms with Crippen molar-refractivity contribution in [2.24, 2.45) is 5.41 Å². The summed E-state index contributed by atoms with van der Waals surface area (Å²) in [7, 11) is -3.02. The summed E-state index contributed by atoms with van der Waals surface area (Å²) in [5.41, 5.74) is 2.79. The molecular formula is C23H24FN3O4S. The Labute approximate surface area is 185 Å². The lowest BCUT2D eigenvalue weighted by molar-refractivity contribution is 0.0860. The molecule has 3 heterocycles. The predicted octanol–water partition coefficient (Wildman–Crippen LogP) is 4.14. The Hall–Kier alpha value is -2.81. The zero-order valence-corrected chi connectivity index (χ0v) is 18.7. The lowest BCUT2D eigenvalue weighted by Gasteiger charge is -2.37. The third kappa shape index (κ3) is 4.01. The molecule has 2 aromatic heterocycles. The number of ether oxygens (including phenoxy) is 1. The molecule has 9 heteroatoms. The third-order valence-electron chi connectivity index (χ3n) is 5.89. The van der Waals surface area contributed by atoms with Crippen LogP contribution in [0.2, 0.25) is 0 Å². The average molecular weight is 458 g/mol. The first kappa shape index (κ1) is 21.1. The topological polar surface area (TPSA) is 91.2 Å². The molecule has 3 aromatic rings. The maximum atomic E-state index is 13.3. The van der Waals surface area contributed by atoms with Crippen LogP contribution < -0.4 is 4.74 Å². The molecule has 0 spiro atoms. The maximum Gasteiger partial charge on any atom is 0.235 e. The quantitative estimate of drug-likeness (QED) is 0.496. The molecule has 7 nitrogen and oxygen atoms in total. The fourth-order valence-electron chi connectivity index (χ4n) is 4.48. The van der Waals surface area contributed by atoms with E-state index in [1.54, 1.807) is 24.3 Å². The SMILES string of the molecule is CC(F)Oc1cccc(-c2nn(C3CC3)c3cc(C(=O)CC4(C)CS(=O)(=O)C4)cnc23)c1. The molecule has 1 aliphatic carbocycles. The van der Waals surface area contributed by atoms with Crippen LogP contribution in [0.4, 0.5) is 4.39 Å². The van der Waals surface area contributed by atoms with Crippen molar-refractivity contribution >= 4 is 26.7 Å². The van der Waals surface area contributed by atoms with Crippen LogP contribution in [-0.2, 0) is 9.84 Å². The lowest BCUT2D eigenvalue weighted by Crippen LogP contribution is -2.47. The van der Waals surface area contributed by atoms with Crippen LogP contribution in [0.25, 0.3) is 22.3 Å². The minimum atomic E-state index is -3.02. The molecule has 32 heavy (non-hydrogen) atoms. The zero-order chi connectivity index (χ0) is 22.7. The van der Waals surface area contributed by atoms with Gasteiger partial charge in [0.15, 0.2) is 15.6 Å². The van der Waals surface area contributed by atoms with Crippen molar-refractivity contribution in [3.63, 3.8) is 0 Å². The van der Waals surface area contributed by atoms with Crippen molar-refractivity contribution in [3.05, 3.63) is 42.1 Å². The van der Waals surface area contributed by atoms with Gasteiger partial charge in [0.2, 0.25) is 6.36 Å². The largest absolute Gasteiger partial charge is 0.461 e. The predicted molar refractivity (Wildman–Crippen MR) is 118 cm³/mol. The minimum Gasteiger partial charge on any atom is -0.461 e. The Bertz CT molecular complexity index is 1320. The fraction of sp³-hybridized carbons (Fsp3) is 0.435. The molecule has 2 fully saturated rings. The normalized spacial score (nSPS) is 20.0. The van der Waals surface area contributed by atoms with E-state index in [1.165, 1.54) is 13.1 Å². The van der Waals surface area contributed by atoms with Crippen LogP contribution in [0, 0.1) is 5.41 Å². The maximum absolute atomic E-state index is 13.3. The molecule has 0 amide bonds. The molecule has 1 aromatic carbocycles. The summed E-state index contributed by atoms with van der Waals surface area (Å²) in [5, 5.41) is 4.78. The van der Waals surface area contributed by atoms with Crippen LogP contribution in [-0.4, -0.2) is 46.8 Å². The number of pyridine rings is 1. The van der Waals surface area contributed by atoms with Gasteiger partial charge in [-0.25, -0.2) is 12.8 Å². The van der Waals surface area contributed by atoms with Crippen LogP contribution in [0.1, 0.15) is 49.5 Å². The number of Topliss-reactive ketones (excluding diaryl/α,β-unsaturated/α-hetero) is 1. The molecule has 1 saturated carbocycles. The Morgan fingerprint density at radius 1 is 1.31 bits per heavy atom. The number of sulfone groups is 1. The highest BCUT2D eigenvalue weighted by Gasteiger charge is 2.45. The number of rotatable bonds is 7. The van der Waals surface area contributed by atoms with Gasteiger partial charge in [0.05, 0.1) is 23.1 Å². The Morgan fingerprint density at radius 2 is 2.06 bits per heavy atom. The monoisotopic (exact) mass is 457 g/mol. The number of carbonyl (C=O) groups excluding carboxylic acids is 1. The second-order valence-electron chi connectivity index (χ2n) is 9.25. The van der Waals surface area contributed by atoms with Crippen LogP contribution >= 0.6 is 0 Å². The van der Waals surface area contributed by atoms with Gasteiger partial charge >= 0.3 is 0 Å². The standard InChI is InChI=1S/C23H24FN3O4S/c1-14(24)31-18-5-3-4-15(8-18)21-22-19(27(26-21)17-6-7-17)9-16(11-25-22)20(28)10-23(2)12-32(29,30)13-23/h3-5,8-9,11,14,17H,6-7,10,12-13H2,1-2H3. The van der Waals surface area contributed by atoms with Crippen LogP contribution in [0.15, 0.2) is 36.5 Å². The fourth-order valence-corrected chi connectivity index (χ4v) is 6.72. The molecular weight excluding hydrogens is 433 g/mol. The Kier molecular flexibility index (Phi) is 4.85. The summed E-state index contributed by atoms with van der Waals surface area (Å²) < 4.78 is 43.5. The van der Waals surface area contributed by atoms with Crippen molar-refractivity contribution in [1.82, 2.24) is 14.8 Å². The molecule has 0 radical (unpaired) electrons. The van der Waals surface area contributed by atoms with Crippen molar-refractivity contribution in [3.8, 4) is 17.0 Å². The number of alkyl halides is 1. The van der Waals surface area contributed by atoms with Gasteiger partial charge in [0.1, 0.15) is 17.0 Å². The van der Waals surface area contributed by atoms with Gasteiger partial charge < -0.3 is 4.74 Å². The number of ketones is 1. The lowest BCUT2D eigenvalue weighted by atomic mass is 9.86. The average Bonchev–Trinajstić information content (AvgIpc) is 3.46. The van der Waals surface area contributed by atoms with E-state index in [4.69, 9.17) is 9.84 Å². The number of nitrogens with zero attached hydrogens (tertiary/aromatic N) is 3. The van der Waals surface area contributed by atoms with Gasteiger partial charge in [-0.2, -0.15) is 5.10 Å². The van der Waals surface area contributed by atoms with Crippen molar-refractivity contribution in [2.45, 2.75) is 45.5 Å². The second kappa shape index (κ2) is 7.37. The van der Waals surface area contributed by atoms with E-state index in [9.17, 15) is 17.6 Å². The first-order chi connectivity index (χ1) is 15.1. The minimum absolute atomic E-state index is 0.0431. The Balaban J connectivity index is 1.50. The van der Waals surface area contributed by atoms with Gasteiger partial charge in [-0.15, -0.1) is 0 Å². The molecule has 0 bridgehead atoms. The molecule has 1 saturated heterocycles.